The van der Waals surface area contributed by atoms with Gasteiger partial charge in [-0.2, -0.15) is 0 Å². The zero-order valence-electron chi connectivity index (χ0n) is 16.1. The van der Waals surface area contributed by atoms with Crippen LogP contribution in [0.5, 0.6) is 0 Å². The van der Waals surface area contributed by atoms with Crippen molar-refractivity contribution in [2.24, 2.45) is 0 Å². The fourth-order valence-electron chi connectivity index (χ4n) is 3.62. The first kappa shape index (κ1) is 19.1. The molecule has 29 heavy (non-hydrogen) atoms. The van der Waals surface area contributed by atoms with Crippen LogP contribution in [0.25, 0.3) is 22.4 Å². The molecular weight excluding hydrogens is 371 g/mol. The molecule has 1 fully saturated rings. The van der Waals surface area contributed by atoms with Gasteiger partial charge >= 0.3 is 0 Å². The number of imidazole rings is 1. The second-order valence-corrected chi connectivity index (χ2v) is 7.36. The molecule has 0 unspecified atom stereocenters. The van der Waals surface area contributed by atoms with Crippen LogP contribution in [-0.2, 0) is 9.59 Å². The quantitative estimate of drug-likeness (QED) is 0.699. The second-order valence-electron chi connectivity index (χ2n) is 7.36. The lowest BCUT2D eigenvalue weighted by Crippen LogP contribution is -2.39. The van der Waals surface area contributed by atoms with E-state index in [4.69, 9.17) is 0 Å². The van der Waals surface area contributed by atoms with Crippen LogP contribution in [-0.4, -0.2) is 39.8 Å². The first-order chi connectivity index (χ1) is 14.1. The number of carbonyl (C=O) groups excluding carboxylic acids is 2. The molecular formula is C22H23FN4O2. The van der Waals surface area contributed by atoms with Gasteiger partial charge in [0.25, 0.3) is 0 Å². The average Bonchev–Trinajstić information content (AvgIpc) is 3.11. The first-order valence-electron chi connectivity index (χ1n) is 9.92. The van der Waals surface area contributed by atoms with E-state index in [2.05, 4.69) is 15.3 Å². The van der Waals surface area contributed by atoms with Gasteiger partial charge in [-0.25, -0.2) is 9.37 Å². The Kier molecular flexibility index (Phi) is 5.55. The van der Waals surface area contributed by atoms with Crippen LogP contribution in [0.4, 0.5) is 10.1 Å². The van der Waals surface area contributed by atoms with E-state index >= 15 is 0 Å². The van der Waals surface area contributed by atoms with E-state index in [-0.39, 0.29) is 24.2 Å². The van der Waals surface area contributed by atoms with Crippen molar-refractivity contribution in [3.63, 3.8) is 0 Å². The molecule has 2 N–H and O–H groups in total. The van der Waals surface area contributed by atoms with Crippen molar-refractivity contribution >= 4 is 28.5 Å². The summed E-state index contributed by atoms with van der Waals surface area (Å²) >= 11 is 0. The summed E-state index contributed by atoms with van der Waals surface area (Å²) in [4.78, 5) is 33.9. The molecule has 1 aromatic heterocycles. The normalized spacial score (nSPS) is 15.2. The van der Waals surface area contributed by atoms with Gasteiger partial charge in [0.05, 0.1) is 17.6 Å². The highest BCUT2D eigenvalue weighted by Gasteiger charge is 2.18. The summed E-state index contributed by atoms with van der Waals surface area (Å²) in [7, 11) is 0. The number of aromatic nitrogens is 2. The number of benzene rings is 2. The predicted molar refractivity (Wildman–Crippen MR) is 110 cm³/mol. The minimum Gasteiger partial charge on any atom is -0.338 e. The lowest BCUT2D eigenvalue weighted by molar-refractivity contribution is -0.135. The van der Waals surface area contributed by atoms with Gasteiger partial charge in [-0.15, -0.1) is 0 Å². The van der Waals surface area contributed by atoms with E-state index in [1.54, 1.807) is 35.2 Å². The third-order valence-electron chi connectivity index (χ3n) is 5.12. The Hall–Kier alpha value is -3.22. The number of fused-ring (bicyclic) bond motifs is 1. The fraction of sp³-hybridized carbons (Fsp3) is 0.318. The predicted octanol–water partition coefficient (Wildman–Crippen LogP) is 4.10. The largest absolute Gasteiger partial charge is 0.338 e. The zero-order valence-corrected chi connectivity index (χ0v) is 16.1. The Balaban J connectivity index is 1.46. The zero-order chi connectivity index (χ0) is 20.2. The number of rotatable bonds is 4. The van der Waals surface area contributed by atoms with Crippen LogP contribution in [0, 0.1) is 5.82 Å². The van der Waals surface area contributed by atoms with Crippen LogP contribution in [0.3, 0.4) is 0 Å². The molecule has 0 spiro atoms. The summed E-state index contributed by atoms with van der Waals surface area (Å²) < 4.78 is 13.5. The van der Waals surface area contributed by atoms with Gasteiger partial charge in [-0.1, -0.05) is 25.0 Å². The van der Waals surface area contributed by atoms with Crippen molar-refractivity contribution < 1.29 is 14.0 Å². The van der Waals surface area contributed by atoms with Gasteiger partial charge in [0.15, 0.2) is 0 Å². The van der Waals surface area contributed by atoms with E-state index in [0.29, 0.717) is 30.0 Å². The Morgan fingerprint density at radius 1 is 1.14 bits per heavy atom. The van der Waals surface area contributed by atoms with Gasteiger partial charge in [0.1, 0.15) is 11.6 Å². The molecule has 2 aromatic carbocycles. The number of hydrogen-bond donors (Lipinski definition) is 2. The molecule has 0 aliphatic carbocycles. The van der Waals surface area contributed by atoms with Crippen molar-refractivity contribution in [2.75, 3.05) is 18.4 Å². The molecule has 2 heterocycles. The monoisotopic (exact) mass is 394 g/mol. The first-order valence-corrected chi connectivity index (χ1v) is 9.92. The van der Waals surface area contributed by atoms with Gasteiger partial charge in [-0.05, 0) is 43.2 Å². The Labute approximate surface area is 168 Å². The lowest BCUT2D eigenvalue weighted by Gasteiger charge is -2.24. The van der Waals surface area contributed by atoms with E-state index in [0.717, 1.165) is 36.7 Å². The third-order valence-corrected chi connectivity index (χ3v) is 5.12. The summed E-state index contributed by atoms with van der Waals surface area (Å²) in [5.74, 6) is 0.0654. The molecule has 0 saturated carbocycles. The minimum atomic E-state index is -0.324. The fourth-order valence-corrected chi connectivity index (χ4v) is 3.62. The summed E-state index contributed by atoms with van der Waals surface area (Å²) in [5.41, 5.74) is 2.74. The van der Waals surface area contributed by atoms with Crippen molar-refractivity contribution in [3.05, 3.63) is 48.3 Å². The molecule has 3 aromatic rings. The molecule has 1 saturated heterocycles. The van der Waals surface area contributed by atoms with Crippen LogP contribution in [0.15, 0.2) is 42.5 Å². The van der Waals surface area contributed by atoms with Gasteiger partial charge < -0.3 is 15.2 Å². The number of halogens is 1. The van der Waals surface area contributed by atoms with Crippen LogP contribution in [0.1, 0.15) is 32.1 Å². The standard InChI is InChI=1S/C22H23FN4O2/c23-16-7-5-6-15(12-16)22-25-18-10-9-17(13-19(18)26-22)24-20(28)14-27-11-4-2-1-3-8-21(27)29/h5-7,9-10,12-13H,1-4,8,11,14H2,(H,24,28)(H,25,26). The molecule has 1 aliphatic heterocycles. The van der Waals surface area contributed by atoms with Crippen molar-refractivity contribution in [3.8, 4) is 11.4 Å². The summed E-state index contributed by atoms with van der Waals surface area (Å²) in [6, 6.07) is 11.6. The highest BCUT2D eigenvalue weighted by Crippen LogP contribution is 2.23. The maximum absolute atomic E-state index is 13.5. The Morgan fingerprint density at radius 3 is 2.86 bits per heavy atom. The molecule has 150 valence electrons. The summed E-state index contributed by atoms with van der Waals surface area (Å²) in [6.07, 6.45) is 4.50. The van der Waals surface area contributed by atoms with Crippen LogP contribution in [0.2, 0.25) is 0 Å². The van der Waals surface area contributed by atoms with E-state index in [9.17, 15) is 14.0 Å². The summed E-state index contributed by atoms with van der Waals surface area (Å²) in [6.45, 7) is 0.692. The number of hydrogen-bond acceptors (Lipinski definition) is 3. The smallest absolute Gasteiger partial charge is 0.243 e. The van der Waals surface area contributed by atoms with Crippen LogP contribution < -0.4 is 5.32 Å². The molecule has 4 rings (SSSR count). The van der Waals surface area contributed by atoms with E-state index in [1.807, 2.05) is 0 Å². The number of nitrogens with one attached hydrogen (secondary N) is 2. The molecule has 6 nitrogen and oxygen atoms in total. The highest BCUT2D eigenvalue weighted by molar-refractivity contribution is 5.96. The summed E-state index contributed by atoms with van der Waals surface area (Å²) in [5, 5.41) is 2.86. The topological polar surface area (TPSA) is 78.1 Å². The number of H-pyrrole nitrogens is 1. The maximum Gasteiger partial charge on any atom is 0.243 e. The number of likely N-dealkylation sites (tertiary alicyclic amines) is 1. The maximum atomic E-state index is 13.5. The highest BCUT2D eigenvalue weighted by atomic mass is 19.1. The van der Waals surface area contributed by atoms with Crippen LogP contribution >= 0.6 is 0 Å². The number of nitrogens with zero attached hydrogens (tertiary/aromatic N) is 2. The lowest BCUT2D eigenvalue weighted by atomic mass is 10.1. The Morgan fingerprint density at radius 2 is 2.00 bits per heavy atom. The third kappa shape index (κ3) is 4.62. The molecule has 0 atom stereocenters. The molecule has 0 radical (unpaired) electrons. The van der Waals surface area contributed by atoms with E-state index < -0.39 is 0 Å². The molecule has 2 amide bonds. The molecule has 0 bridgehead atoms. The second kappa shape index (κ2) is 8.43. The number of aromatic amines is 1. The number of carbonyl (C=O) groups is 2. The molecule has 1 aliphatic rings. The van der Waals surface area contributed by atoms with Crippen molar-refractivity contribution in [1.82, 2.24) is 14.9 Å². The minimum absolute atomic E-state index is 0.0450. The van der Waals surface area contributed by atoms with Crippen molar-refractivity contribution in [1.29, 1.82) is 0 Å². The Bertz CT molecular complexity index is 1050. The van der Waals surface area contributed by atoms with Crippen molar-refractivity contribution in [2.45, 2.75) is 32.1 Å². The van der Waals surface area contributed by atoms with Gasteiger partial charge in [-0.3, -0.25) is 9.59 Å². The SMILES string of the molecule is O=C(CN1CCCCCCC1=O)Nc1ccc2nc(-c3cccc(F)c3)[nH]c2c1. The van der Waals surface area contributed by atoms with Gasteiger partial charge in [0, 0.05) is 24.2 Å². The molecule has 7 heteroatoms. The van der Waals surface area contributed by atoms with Gasteiger partial charge in [0.2, 0.25) is 11.8 Å². The average molecular weight is 394 g/mol. The van der Waals surface area contributed by atoms with E-state index in [1.165, 1.54) is 12.1 Å². The number of anilines is 1. The number of amides is 2.